The van der Waals surface area contributed by atoms with E-state index in [2.05, 4.69) is 74.6 Å². The topological polar surface area (TPSA) is 192 Å². The Morgan fingerprint density at radius 2 is 0.952 bits per heavy atom. The molecule has 0 bridgehead atoms. The fourth-order valence-corrected chi connectivity index (χ4v) is 8.02. The number of carbonyl (C=O) groups excluding carboxylic acids is 1. The van der Waals surface area contributed by atoms with E-state index in [9.17, 15) is 39.8 Å². The smallest absolute Gasteiger partial charge is 0.457 e. The molecule has 1 rings (SSSR count). The molecule has 360 valence electrons. The number of phosphoric acid groups is 1. The number of phosphoric ester groups is 1. The van der Waals surface area contributed by atoms with Crippen LogP contribution >= 0.6 is 7.82 Å². The van der Waals surface area contributed by atoms with Crippen molar-refractivity contribution in [3.8, 4) is 0 Å². The molecular weight excluding hydrogens is 812 g/mol. The first kappa shape index (κ1) is 58.1. The lowest BCUT2D eigenvalue weighted by atomic mass is 9.85. The molecule has 0 saturated heterocycles. The molecule has 12 nitrogen and oxygen atoms in total. The van der Waals surface area contributed by atoms with Crippen molar-refractivity contribution in [1.82, 2.24) is 0 Å². The van der Waals surface area contributed by atoms with Gasteiger partial charge in [-0.1, -0.05) is 158 Å². The maximum Gasteiger partial charge on any atom is 0.472 e. The molecule has 0 amide bonds. The van der Waals surface area contributed by atoms with E-state index in [1.165, 1.54) is 70.6 Å². The Bertz CT molecular complexity index is 1250. The summed E-state index contributed by atoms with van der Waals surface area (Å²) in [5.74, 6) is -0.502. The van der Waals surface area contributed by atoms with Crippen molar-refractivity contribution in [2.24, 2.45) is 0 Å². The average Bonchev–Trinajstić information content (AvgIpc) is 3.26. The van der Waals surface area contributed by atoms with Gasteiger partial charge in [0.25, 0.3) is 0 Å². The van der Waals surface area contributed by atoms with E-state index in [1.807, 2.05) is 0 Å². The number of carbonyl (C=O) groups is 1. The first-order valence-corrected chi connectivity index (χ1v) is 25.6. The minimum atomic E-state index is -5.03. The summed E-state index contributed by atoms with van der Waals surface area (Å²) in [4.78, 5) is 23.2. The van der Waals surface area contributed by atoms with Gasteiger partial charge >= 0.3 is 13.8 Å². The lowest BCUT2D eigenvalue weighted by Crippen LogP contribution is -2.64. The average molecular weight is 899 g/mol. The number of esters is 1. The Hall–Kier alpha value is -1.96. The van der Waals surface area contributed by atoms with Gasteiger partial charge in [-0.2, -0.15) is 0 Å². The number of ether oxygens (including phenoxy) is 2. The van der Waals surface area contributed by atoms with Crippen molar-refractivity contribution >= 4 is 13.8 Å². The zero-order chi connectivity index (χ0) is 45.5. The molecule has 1 fully saturated rings. The normalized spacial score (nSPS) is 22.5. The molecule has 0 spiro atoms. The van der Waals surface area contributed by atoms with E-state index in [0.29, 0.717) is 13.0 Å². The predicted molar refractivity (Wildman–Crippen MR) is 248 cm³/mol. The standard InChI is InChI=1S/C49H87O12P/c1-3-5-7-9-11-13-15-17-19-21-23-25-27-29-31-33-35-37-39-58-40-42(41-59-62(56,57)61-49-47(54)45(52)44(51)46(53)48(49)55)60-43(50)38-36-34-32-30-28-26-24-22-20-18-16-14-12-10-8-6-4-2/h6,8,12,14,17-20,24,26,42,44-49,51-55H,3-5,7,9-11,13,15-16,21-23,25,27-41H2,1-2H3,(H,56,57)/b8-6-,14-12-,19-17-,20-18-,26-24-. The van der Waals surface area contributed by atoms with E-state index in [-0.39, 0.29) is 13.0 Å². The van der Waals surface area contributed by atoms with Gasteiger partial charge in [-0.25, -0.2) is 4.57 Å². The third-order valence-corrected chi connectivity index (χ3v) is 11.9. The molecule has 0 aliphatic heterocycles. The fraction of sp³-hybridized carbons (Fsp3) is 0.776. The van der Waals surface area contributed by atoms with Gasteiger partial charge in [-0.05, 0) is 77.0 Å². The summed E-state index contributed by atoms with van der Waals surface area (Å²) >= 11 is 0. The number of allylic oxidation sites excluding steroid dienone is 10. The van der Waals surface area contributed by atoms with Crippen molar-refractivity contribution in [3.63, 3.8) is 0 Å². The second-order valence-electron chi connectivity index (χ2n) is 16.6. The maximum atomic E-state index is 12.8. The molecule has 0 aromatic carbocycles. The summed E-state index contributed by atoms with van der Waals surface area (Å²) in [5, 5.41) is 50.2. The monoisotopic (exact) mass is 899 g/mol. The molecule has 1 aliphatic rings. The van der Waals surface area contributed by atoms with E-state index in [0.717, 1.165) is 83.5 Å². The third kappa shape index (κ3) is 31.0. The van der Waals surface area contributed by atoms with E-state index < -0.39 is 63.1 Å². The van der Waals surface area contributed by atoms with Crippen LogP contribution in [0.3, 0.4) is 0 Å². The highest BCUT2D eigenvalue weighted by atomic mass is 31.2. The first-order valence-electron chi connectivity index (χ1n) is 24.1. The van der Waals surface area contributed by atoms with Crippen molar-refractivity contribution in [3.05, 3.63) is 60.8 Å². The number of aliphatic hydroxyl groups excluding tert-OH is 5. The van der Waals surface area contributed by atoms with Gasteiger partial charge in [0.05, 0.1) is 13.2 Å². The van der Waals surface area contributed by atoms with Gasteiger partial charge in [0.2, 0.25) is 0 Å². The van der Waals surface area contributed by atoms with Gasteiger partial charge in [0, 0.05) is 13.0 Å². The molecule has 6 atom stereocenters. The molecule has 0 radical (unpaired) electrons. The van der Waals surface area contributed by atoms with Gasteiger partial charge in [0.15, 0.2) is 0 Å². The molecule has 6 N–H and O–H groups in total. The van der Waals surface area contributed by atoms with Crippen LogP contribution in [0.15, 0.2) is 60.8 Å². The van der Waals surface area contributed by atoms with Gasteiger partial charge in [-0.3, -0.25) is 13.8 Å². The van der Waals surface area contributed by atoms with Crippen LogP contribution in [0.2, 0.25) is 0 Å². The summed E-state index contributed by atoms with van der Waals surface area (Å²) in [6.07, 6.45) is 37.1. The largest absolute Gasteiger partial charge is 0.472 e. The molecule has 0 heterocycles. The fourth-order valence-electron chi connectivity index (χ4n) is 7.05. The second kappa shape index (κ2) is 39.4. The molecule has 62 heavy (non-hydrogen) atoms. The summed E-state index contributed by atoms with van der Waals surface area (Å²) < 4.78 is 34.2. The van der Waals surface area contributed by atoms with Crippen LogP contribution in [0.4, 0.5) is 0 Å². The minimum Gasteiger partial charge on any atom is -0.457 e. The van der Waals surface area contributed by atoms with Crippen LogP contribution in [0, 0.1) is 0 Å². The van der Waals surface area contributed by atoms with E-state index >= 15 is 0 Å². The number of hydrogen-bond acceptors (Lipinski definition) is 11. The van der Waals surface area contributed by atoms with Crippen molar-refractivity contribution in [2.75, 3.05) is 19.8 Å². The van der Waals surface area contributed by atoms with Crippen LogP contribution in [-0.2, 0) is 27.9 Å². The summed E-state index contributed by atoms with van der Waals surface area (Å²) in [6.45, 7) is 4.11. The van der Waals surface area contributed by atoms with Crippen LogP contribution in [0.5, 0.6) is 0 Å². The van der Waals surface area contributed by atoms with Crippen LogP contribution in [0.1, 0.15) is 181 Å². The molecule has 13 heteroatoms. The highest BCUT2D eigenvalue weighted by Gasteiger charge is 2.51. The summed E-state index contributed by atoms with van der Waals surface area (Å²) in [6, 6.07) is 0. The molecular formula is C49H87O12P. The highest BCUT2D eigenvalue weighted by Crippen LogP contribution is 2.47. The highest BCUT2D eigenvalue weighted by molar-refractivity contribution is 7.47. The van der Waals surface area contributed by atoms with Gasteiger partial charge in [0.1, 0.15) is 42.7 Å². The zero-order valence-electron chi connectivity index (χ0n) is 38.4. The van der Waals surface area contributed by atoms with Gasteiger partial charge in [-0.15, -0.1) is 0 Å². The molecule has 1 aliphatic carbocycles. The van der Waals surface area contributed by atoms with Crippen LogP contribution < -0.4 is 0 Å². The Morgan fingerprint density at radius 3 is 1.47 bits per heavy atom. The lowest BCUT2D eigenvalue weighted by Gasteiger charge is -2.41. The van der Waals surface area contributed by atoms with Crippen molar-refractivity contribution in [1.29, 1.82) is 0 Å². The Morgan fingerprint density at radius 1 is 0.532 bits per heavy atom. The van der Waals surface area contributed by atoms with Crippen molar-refractivity contribution < 1.29 is 58.3 Å². The first-order chi connectivity index (χ1) is 30.0. The van der Waals surface area contributed by atoms with E-state index in [1.54, 1.807) is 0 Å². The SMILES string of the molecule is CC/C=C\C/C=C\C/C=C\C/C=C\CCCCCCC(=O)OC(COCCCCCCCCCC/C=C\CCCCCCCC)COP(=O)(O)OC1C(O)C(O)C(O)C(O)C1O. The number of unbranched alkanes of at least 4 members (excludes halogenated alkanes) is 18. The predicted octanol–water partition coefficient (Wildman–Crippen LogP) is 10.2. The number of rotatable bonds is 40. The molecule has 0 aromatic heterocycles. The summed E-state index contributed by atoms with van der Waals surface area (Å²) in [7, 11) is -5.03. The maximum absolute atomic E-state index is 12.8. The molecule has 1 saturated carbocycles. The number of aliphatic hydroxyl groups is 5. The van der Waals surface area contributed by atoms with Crippen LogP contribution in [0.25, 0.3) is 0 Å². The van der Waals surface area contributed by atoms with E-state index in [4.69, 9.17) is 18.5 Å². The second-order valence-corrected chi connectivity index (χ2v) is 18.0. The lowest BCUT2D eigenvalue weighted by molar-refractivity contribution is -0.220. The van der Waals surface area contributed by atoms with Crippen LogP contribution in [-0.4, -0.2) is 98.9 Å². The Balaban J connectivity index is 2.40. The third-order valence-electron chi connectivity index (χ3n) is 10.9. The Kier molecular flexibility index (Phi) is 36.9. The quantitative estimate of drug-likeness (QED) is 0.0148. The Labute approximate surface area is 375 Å². The van der Waals surface area contributed by atoms with Gasteiger partial charge < -0.3 is 39.9 Å². The minimum absolute atomic E-state index is 0.0910. The zero-order valence-corrected chi connectivity index (χ0v) is 39.3. The number of hydrogen-bond donors (Lipinski definition) is 6. The summed E-state index contributed by atoms with van der Waals surface area (Å²) in [5.41, 5.74) is 0. The van der Waals surface area contributed by atoms with Crippen molar-refractivity contribution in [2.45, 2.75) is 224 Å². The molecule has 0 aromatic rings. The molecule has 6 unspecified atom stereocenters.